The molecule has 2 N–H and O–H groups in total. The smallest absolute Gasteiger partial charge is 0.406 e. The van der Waals surface area contributed by atoms with Crippen molar-refractivity contribution in [1.82, 2.24) is 0 Å². The van der Waals surface area contributed by atoms with E-state index in [-0.39, 0.29) is 29.2 Å². The second kappa shape index (κ2) is 7.30. The molecule has 2 aromatic rings. The summed E-state index contributed by atoms with van der Waals surface area (Å²) in [7, 11) is 1.58. The summed E-state index contributed by atoms with van der Waals surface area (Å²) in [5.74, 6) is -1.15. The molecule has 0 aliphatic carbocycles. The van der Waals surface area contributed by atoms with Crippen LogP contribution in [0.1, 0.15) is 15.9 Å². The highest BCUT2D eigenvalue weighted by Crippen LogP contribution is 2.30. The first-order valence-corrected chi connectivity index (χ1v) is 7.21. The van der Waals surface area contributed by atoms with Crippen LogP contribution < -0.4 is 15.4 Å². The number of hydrogen-bond acceptors (Lipinski definition) is 5. The van der Waals surface area contributed by atoms with Crippen LogP contribution in [0.4, 0.5) is 24.5 Å². The highest BCUT2D eigenvalue weighted by Gasteiger charge is 2.31. The fourth-order valence-electron chi connectivity index (χ4n) is 2.30. The van der Waals surface area contributed by atoms with E-state index in [1.807, 2.05) is 0 Å². The molecule has 0 heterocycles. The van der Waals surface area contributed by atoms with Crippen LogP contribution in [0.5, 0.6) is 5.75 Å². The van der Waals surface area contributed by atoms with Crippen molar-refractivity contribution >= 4 is 17.3 Å². The van der Waals surface area contributed by atoms with E-state index >= 15 is 0 Å². The minimum absolute atomic E-state index is 0.00232. The van der Waals surface area contributed by atoms with E-state index in [0.717, 1.165) is 18.2 Å². The molecule has 0 unspecified atom stereocenters. The Labute approximate surface area is 145 Å². The second-order valence-electron chi connectivity index (χ2n) is 5.37. The first kappa shape index (κ1) is 19.0. The van der Waals surface area contributed by atoms with Crippen molar-refractivity contribution in [1.29, 1.82) is 0 Å². The third-order valence-corrected chi connectivity index (χ3v) is 3.44. The number of anilines is 1. The maximum atomic E-state index is 12.2. The minimum atomic E-state index is -4.78. The van der Waals surface area contributed by atoms with Crippen molar-refractivity contribution < 1.29 is 27.6 Å². The Morgan fingerprint density at radius 1 is 1.23 bits per heavy atom. The standard InChI is InChI=1S/C16H14F3N3O4/c1-21(9-10-2-5-12(6-3-10)26-16(17,18)19)13-7-4-11(15(20)23)8-14(13)22(24)25/h2-8H,9H2,1H3,(H2,20,23). The summed E-state index contributed by atoms with van der Waals surface area (Å²) < 4.78 is 40.3. The van der Waals surface area contributed by atoms with Crippen molar-refractivity contribution in [2.45, 2.75) is 12.9 Å². The van der Waals surface area contributed by atoms with E-state index in [0.29, 0.717) is 5.56 Å². The maximum Gasteiger partial charge on any atom is 0.573 e. The molecule has 0 atom stereocenters. The van der Waals surface area contributed by atoms with Gasteiger partial charge in [-0.25, -0.2) is 0 Å². The van der Waals surface area contributed by atoms with Gasteiger partial charge in [-0.3, -0.25) is 14.9 Å². The van der Waals surface area contributed by atoms with Gasteiger partial charge in [0, 0.05) is 25.2 Å². The van der Waals surface area contributed by atoms with E-state index in [4.69, 9.17) is 5.73 Å². The number of carbonyl (C=O) groups excluding carboxylic acids is 1. The average Bonchev–Trinajstić information content (AvgIpc) is 2.54. The molecule has 0 aromatic heterocycles. The molecule has 2 aromatic carbocycles. The molecule has 26 heavy (non-hydrogen) atoms. The van der Waals surface area contributed by atoms with Crippen LogP contribution in [-0.4, -0.2) is 24.2 Å². The number of amides is 1. The highest BCUT2D eigenvalue weighted by molar-refractivity contribution is 5.94. The summed E-state index contributed by atoms with van der Waals surface area (Å²) in [5.41, 5.74) is 5.66. The highest BCUT2D eigenvalue weighted by atomic mass is 19.4. The van der Waals surface area contributed by atoms with Gasteiger partial charge in [-0.1, -0.05) is 12.1 Å². The molecule has 0 spiro atoms. The number of nitrogens with two attached hydrogens (primary N) is 1. The number of hydrogen-bond donors (Lipinski definition) is 1. The van der Waals surface area contributed by atoms with E-state index in [2.05, 4.69) is 4.74 Å². The first-order chi connectivity index (χ1) is 12.1. The third kappa shape index (κ3) is 4.85. The van der Waals surface area contributed by atoms with Crippen molar-refractivity contribution in [3.05, 3.63) is 63.7 Å². The van der Waals surface area contributed by atoms with Gasteiger partial charge < -0.3 is 15.4 Å². The molecule has 0 aliphatic rings. The van der Waals surface area contributed by atoms with Crippen molar-refractivity contribution in [3.63, 3.8) is 0 Å². The quantitative estimate of drug-likeness (QED) is 0.623. The zero-order valence-corrected chi connectivity index (χ0v) is 13.5. The fraction of sp³-hybridized carbons (Fsp3) is 0.188. The van der Waals surface area contributed by atoms with Crippen LogP contribution in [-0.2, 0) is 6.54 Å². The Hall–Kier alpha value is -3.30. The Morgan fingerprint density at radius 2 is 1.85 bits per heavy atom. The number of alkyl halides is 3. The number of primary amides is 1. The molecule has 0 bridgehead atoms. The fourth-order valence-corrected chi connectivity index (χ4v) is 2.30. The van der Waals surface area contributed by atoms with Crippen LogP contribution >= 0.6 is 0 Å². The van der Waals surface area contributed by atoms with E-state index in [9.17, 15) is 28.1 Å². The Balaban J connectivity index is 2.20. The number of nitro benzene ring substituents is 1. The summed E-state index contributed by atoms with van der Waals surface area (Å²) >= 11 is 0. The van der Waals surface area contributed by atoms with E-state index in [1.165, 1.54) is 29.2 Å². The predicted molar refractivity (Wildman–Crippen MR) is 86.8 cm³/mol. The molecule has 0 saturated heterocycles. The van der Waals surface area contributed by atoms with Gasteiger partial charge in [0.15, 0.2) is 0 Å². The molecule has 0 fully saturated rings. The lowest BCUT2D eigenvalue weighted by atomic mass is 10.1. The summed E-state index contributed by atoms with van der Waals surface area (Å²) in [4.78, 5) is 23.3. The number of halogens is 3. The number of nitrogens with zero attached hydrogens (tertiary/aromatic N) is 2. The average molecular weight is 369 g/mol. The zero-order valence-electron chi connectivity index (χ0n) is 13.5. The summed E-state index contributed by atoms with van der Waals surface area (Å²) in [6.45, 7) is 0.184. The monoisotopic (exact) mass is 369 g/mol. The molecule has 0 aliphatic heterocycles. The molecule has 1 amide bonds. The van der Waals surface area contributed by atoms with Crippen LogP contribution in [0.2, 0.25) is 0 Å². The predicted octanol–water partition coefficient (Wildman–Crippen LogP) is 3.23. The normalized spacial score (nSPS) is 11.1. The molecule has 7 nitrogen and oxygen atoms in total. The van der Waals surface area contributed by atoms with Gasteiger partial charge in [0.05, 0.1) is 4.92 Å². The molecule has 0 radical (unpaired) electrons. The number of ether oxygens (including phenoxy) is 1. The van der Waals surface area contributed by atoms with Crippen LogP contribution in [0.15, 0.2) is 42.5 Å². The molecule has 10 heteroatoms. The van der Waals surface area contributed by atoms with Crippen LogP contribution in [0, 0.1) is 10.1 Å². The van der Waals surface area contributed by atoms with E-state index in [1.54, 1.807) is 7.05 Å². The zero-order chi connectivity index (χ0) is 19.5. The molecule has 138 valence electrons. The van der Waals surface area contributed by atoms with Gasteiger partial charge in [0.25, 0.3) is 5.69 Å². The lowest BCUT2D eigenvalue weighted by Gasteiger charge is -2.20. The first-order valence-electron chi connectivity index (χ1n) is 7.21. The van der Waals surface area contributed by atoms with Crippen molar-refractivity contribution in [2.24, 2.45) is 5.73 Å². The van der Waals surface area contributed by atoms with Gasteiger partial charge in [-0.05, 0) is 29.8 Å². The topological polar surface area (TPSA) is 98.7 Å². The molecule has 0 saturated carbocycles. The third-order valence-electron chi connectivity index (χ3n) is 3.44. The largest absolute Gasteiger partial charge is 0.573 e. The summed E-state index contributed by atoms with van der Waals surface area (Å²) in [6, 6.07) is 8.97. The Bertz CT molecular complexity index is 822. The number of nitro groups is 1. The summed E-state index contributed by atoms with van der Waals surface area (Å²) in [5, 5.41) is 11.2. The molecular weight excluding hydrogens is 355 g/mol. The molecule has 2 rings (SSSR count). The van der Waals surface area contributed by atoms with Crippen LogP contribution in [0.3, 0.4) is 0 Å². The van der Waals surface area contributed by atoms with Crippen molar-refractivity contribution in [2.75, 3.05) is 11.9 Å². The second-order valence-corrected chi connectivity index (χ2v) is 5.37. The number of carbonyl (C=O) groups is 1. The Morgan fingerprint density at radius 3 is 2.35 bits per heavy atom. The Kier molecular flexibility index (Phi) is 5.34. The van der Waals surface area contributed by atoms with Gasteiger partial charge in [0.2, 0.25) is 5.91 Å². The number of rotatable bonds is 6. The van der Waals surface area contributed by atoms with Crippen molar-refractivity contribution in [3.8, 4) is 5.75 Å². The lowest BCUT2D eigenvalue weighted by molar-refractivity contribution is -0.384. The minimum Gasteiger partial charge on any atom is -0.406 e. The van der Waals surface area contributed by atoms with Gasteiger partial charge in [-0.2, -0.15) is 0 Å². The van der Waals surface area contributed by atoms with Crippen LogP contribution in [0.25, 0.3) is 0 Å². The maximum absolute atomic E-state index is 12.2. The van der Waals surface area contributed by atoms with Gasteiger partial charge >= 0.3 is 6.36 Å². The molecular formula is C16H14F3N3O4. The summed E-state index contributed by atoms with van der Waals surface area (Å²) in [6.07, 6.45) is -4.78. The lowest BCUT2D eigenvalue weighted by Crippen LogP contribution is -2.19. The van der Waals surface area contributed by atoms with Gasteiger partial charge in [-0.15, -0.1) is 13.2 Å². The number of benzene rings is 2. The van der Waals surface area contributed by atoms with Gasteiger partial charge in [0.1, 0.15) is 11.4 Å². The SMILES string of the molecule is CN(Cc1ccc(OC(F)(F)F)cc1)c1ccc(C(N)=O)cc1[N+](=O)[O-]. The van der Waals surface area contributed by atoms with E-state index < -0.39 is 17.2 Å².